The highest BCUT2D eigenvalue weighted by Gasteiger charge is 2.44. The van der Waals surface area contributed by atoms with Crippen molar-refractivity contribution in [1.29, 1.82) is 0 Å². The molecule has 0 bridgehead atoms. The van der Waals surface area contributed by atoms with E-state index in [2.05, 4.69) is 9.44 Å². The molecular formula is C12H23NO9S3. The van der Waals surface area contributed by atoms with Crippen LogP contribution in [0.25, 0.3) is 0 Å². The third-order valence-corrected chi connectivity index (χ3v) is 5.46. The summed E-state index contributed by atoms with van der Waals surface area (Å²) in [5.41, 5.74) is -1.11. The SMILES string of the molecule is CSCCCCC(=NOS(=O)(=O)O)S[C@@H]1O[C@H](CO)[C@@H](O)[C@H](O)[C@H]1O. The molecule has 0 radical (unpaired) electrons. The van der Waals surface area contributed by atoms with Crippen LogP contribution >= 0.6 is 23.5 Å². The summed E-state index contributed by atoms with van der Waals surface area (Å²) in [7, 11) is -4.78. The quantitative estimate of drug-likeness (QED) is 0.104. The van der Waals surface area contributed by atoms with Crippen LogP contribution in [0.2, 0.25) is 0 Å². The second kappa shape index (κ2) is 10.9. The summed E-state index contributed by atoms with van der Waals surface area (Å²) >= 11 is 2.43. The van der Waals surface area contributed by atoms with Gasteiger partial charge in [0.25, 0.3) is 0 Å². The molecule has 1 fully saturated rings. The largest absolute Gasteiger partial charge is 0.466 e. The number of hydrogen-bond acceptors (Lipinski definition) is 11. The molecule has 1 rings (SSSR count). The number of aliphatic hydroxyl groups is 4. The summed E-state index contributed by atoms with van der Waals surface area (Å²) in [6.45, 7) is -0.580. The molecule has 13 heteroatoms. The van der Waals surface area contributed by atoms with E-state index in [1.54, 1.807) is 11.8 Å². The molecule has 0 aromatic rings. The van der Waals surface area contributed by atoms with Crippen molar-refractivity contribution in [3.05, 3.63) is 0 Å². The average molecular weight is 422 g/mol. The maximum atomic E-state index is 10.7. The van der Waals surface area contributed by atoms with Gasteiger partial charge in [-0.15, -0.1) is 0 Å². The van der Waals surface area contributed by atoms with Gasteiger partial charge in [0.15, 0.2) is 0 Å². The van der Waals surface area contributed by atoms with E-state index in [-0.39, 0.29) is 11.5 Å². The molecular weight excluding hydrogens is 398 g/mol. The monoisotopic (exact) mass is 421 g/mol. The number of rotatable bonds is 9. The lowest BCUT2D eigenvalue weighted by molar-refractivity contribution is -0.205. The summed E-state index contributed by atoms with van der Waals surface area (Å²) in [5, 5.41) is 42.2. The van der Waals surface area contributed by atoms with Crippen LogP contribution in [-0.4, -0.2) is 86.9 Å². The number of unbranched alkanes of at least 4 members (excludes halogenated alkanes) is 1. The first-order valence-corrected chi connectivity index (χ1v) is 11.0. The molecule has 1 heterocycles. The van der Waals surface area contributed by atoms with Gasteiger partial charge in [-0.05, 0) is 31.3 Å². The molecule has 1 aliphatic rings. The van der Waals surface area contributed by atoms with E-state index in [1.165, 1.54) is 0 Å². The van der Waals surface area contributed by atoms with E-state index in [9.17, 15) is 28.8 Å². The lowest BCUT2D eigenvalue weighted by Gasteiger charge is -2.39. The third-order valence-electron chi connectivity index (χ3n) is 3.32. The lowest BCUT2D eigenvalue weighted by Crippen LogP contribution is -2.57. The van der Waals surface area contributed by atoms with Gasteiger partial charge < -0.3 is 25.2 Å². The maximum Gasteiger partial charge on any atom is 0.466 e. The van der Waals surface area contributed by atoms with Gasteiger partial charge in [-0.25, -0.2) is 4.28 Å². The molecule has 0 aliphatic carbocycles. The first-order chi connectivity index (χ1) is 11.7. The Morgan fingerprint density at radius 3 is 2.44 bits per heavy atom. The molecule has 1 saturated heterocycles. The maximum absolute atomic E-state index is 10.7. The van der Waals surface area contributed by atoms with E-state index >= 15 is 0 Å². The number of nitrogens with zero attached hydrogens (tertiary/aromatic N) is 1. The molecule has 0 aromatic carbocycles. The average Bonchev–Trinajstić information content (AvgIpc) is 2.55. The molecule has 0 spiro atoms. The highest BCUT2D eigenvalue weighted by atomic mass is 32.3. The van der Waals surface area contributed by atoms with Gasteiger partial charge in [0.2, 0.25) is 0 Å². The second-order valence-corrected chi connectivity index (χ2v) is 8.41. The standard InChI is InChI=1S/C12H23NO9S3/c1-23-5-3-2-4-8(13-22-25(18,19)20)24-12-11(17)10(16)9(15)7(6-14)21-12/h7,9-12,14-17H,2-6H2,1H3,(H,18,19,20)/t7-,9-,10+,11-,12+/m1/s1. The highest BCUT2D eigenvalue weighted by molar-refractivity contribution is 8.14. The molecule has 0 unspecified atom stereocenters. The molecule has 148 valence electrons. The fourth-order valence-electron chi connectivity index (χ4n) is 2.04. The Morgan fingerprint density at radius 2 is 1.88 bits per heavy atom. The Hall–Kier alpha value is -0.120. The van der Waals surface area contributed by atoms with E-state index in [1.807, 2.05) is 6.26 Å². The number of hydrogen-bond donors (Lipinski definition) is 5. The highest BCUT2D eigenvalue weighted by Crippen LogP contribution is 2.30. The Labute approximate surface area is 154 Å². The number of ether oxygens (including phenoxy) is 1. The van der Waals surface area contributed by atoms with Crippen molar-refractivity contribution in [3.63, 3.8) is 0 Å². The van der Waals surface area contributed by atoms with Crippen molar-refractivity contribution < 1.29 is 42.4 Å². The van der Waals surface area contributed by atoms with Crippen molar-refractivity contribution in [2.75, 3.05) is 18.6 Å². The zero-order chi connectivity index (χ0) is 19.0. The van der Waals surface area contributed by atoms with Crippen LogP contribution in [0.15, 0.2) is 5.16 Å². The zero-order valence-electron chi connectivity index (χ0n) is 13.5. The van der Waals surface area contributed by atoms with E-state index in [0.29, 0.717) is 6.42 Å². The van der Waals surface area contributed by atoms with Crippen molar-refractivity contribution in [3.8, 4) is 0 Å². The molecule has 1 aliphatic heterocycles. The van der Waals surface area contributed by atoms with Crippen LogP contribution in [-0.2, 0) is 19.4 Å². The minimum Gasteiger partial charge on any atom is -0.394 e. The van der Waals surface area contributed by atoms with Crippen molar-refractivity contribution in [2.24, 2.45) is 5.16 Å². The van der Waals surface area contributed by atoms with Gasteiger partial charge >= 0.3 is 10.4 Å². The number of thioether (sulfide) groups is 2. The fourth-order valence-corrected chi connectivity index (χ4v) is 3.87. The summed E-state index contributed by atoms with van der Waals surface area (Å²) in [5.74, 6) is 0.886. The van der Waals surface area contributed by atoms with Crippen molar-refractivity contribution in [2.45, 2.75) is 49.1 Å². The van der Waals surface area contributed by atoms with Crippen molar-refractivity contribution >= 4 is 39.0 Å². The van der Waals surface area contributed by atoms with Crippen LogP contribution in [0.5, 0.6) is 0 Å². The molecule has 5 atom stereocenters. The van der Waals surface area contributed by atoms with Crippen LogP contribution in [0, 0.1) is 0 Å². The van der Waals surface area contributed by atoms with Gasteiger partial charge in [-0.3, -0.25) is 4.55 Å². The smallest absolute Gasteiger partial charge is 0.394 e. The minimum absolute atomic E-state index is 0.114. The lowest BCUT2D eigenvalue weighted by atomic mass is 10.0. The Bertz CT molecular complexity index is 528. The van der Waals surface area contributed by atoms with E-state index in [0.717, 1.165) is 23.9 Å². The summed E-state index contributed by atoms with van der Waals surface area (Å²) in [6, 6.07) is 0. The van der Waals surface area contributed by atoms with E-state index in [4.69, 9.17) is 9.29 Å². The Kier molecular flexibility index (Phi) is 9.98. The summed E-state index contributed by atoms with van der Waals surface area (Å²) in [6.07, 6.45) is -1.94. The number of oxime groups is 1. The van der Waals surface area contributed by atoms with Crippen LogP contribution in [0.1, 0.15) is 19.3 Å². The van der Waals surface area contributed by atoms with Gasteiger partial charge in [-0.2, -0.15) is 20.2 Å². The normalized spacial score (nSPS) is 31.1. The molecule has 0 amide bonds. The van der Waals surface area contributed by atoms with E-state index < -0.39 is 46.9 Å². The second-order valence-electron chi connectivity index (χ2n) is 5.25. The van der Waals surface area contributed by atoms with Gasteiger partial charge in [0.05, 0.1) is 6.61 Å². The predicted molar refractivity (Wildman–Crippen MR) is 93.7 cm³/mol. The summed E-state index contributed by atoms with van der Waals surface area (Å²) < 4.78 is 39.4. The van der Waals surface area contributed by atoms with Gasteiger partial charge in [-0.1, -0.05) is 16.9 Å². The number of aliphatic hydroxyl groups excluding tert-OH is 4. The topological polar surface area (TPSA) is 166 Å². The first kappa shape index (κ1) is 22.9. The summed E-state index contributed by atoms with van der Waals surface area (Å²) in [4.78, 5) is 0. The molecule has 25 heavy (non-hydrogen) atoms. The van der Waals surface area contributed by atoms with Crippen molar-refractivity contribution in [1.82, 2.24) is 0 Å². The molecule has 5 N–H and O–H groups in total. The van der Waals surface area contributed by atoms with Gasteiger partial charge in [0.1, 0.15) is 34.9 Å². The predicted octanol–water partition coefficient (Wildman–Crippen LogP) is -0.814. The molecule has 0 saturated carbocycles. The van der Waals surface area contributed by atoms with Crippen LogP contribution in [0.3, 0.4) is 0 Å². The molecule has 0 aromatic heterocycles. The Morgan fingerprint density at radius 1 is 1.20 bits per heavy atom. The van der Waals surface area contributed by atoms with Crippen LogP contribution in [0.4, 0.5) is 0 Å². The van der Waals surface area contributed by atoms with Crippen LogP contribution < -0.4 is 0 Å². The van der Waals surface area contributed by atoms with Gasteiger partial charge in [0, 0.05) is 0 Å². The zero-order valence-corrected chi connectivity index (χ0v) is 15.9. The third kappa shape index (κ3) is 7.97. The fraction of sp³-hybridized carbons (Fsp3) is 0.917. The first-order valence-electron chi connectivity index (χ1n) is 7.38. The Balaban J connectivity index is 2.80. The minimum atomic E-state index is -4.78. The molecule has 10 nitrogen and oxygen atoms in total.